The number of nitrogens with zero attached hydrogens (tertiary/aromatic N) is 1. The van der Waals surface area contributed by atoms with E-state index in [9.17, 15) is 0 Å². The summed E-state index contributed by atoms with van der Waals surface area (Å²) in [5.41, 5.74) is 4.17. The maximum Gasteiger partial charge on any atom is 0.132 e. The molecule has 0 spiro atoms. The van der Waals surface area contributed by atoms with E-state index in [0.29, 0.717) is 5.02 Å². The minimum absolute atomic E-state index is 0.707. The summed E-state index contributed by atoms with van der Waals surface area (Å²) in [6, 6.07) is 20.2. The molecule has 3 aromatic carbocycles. The molecule has 4 rings (SSSR count). The van der Waals surface area contributed by atoms with Gasteiger partial charge in [-0.25, -0.2) is 4.98 Å². The fourth-order valence-corrected chi connectivity index (χ4v) is 4.13. The first-order valence-corrected chi connectivity index (χ1v) is 8.95. The lowest BCUT2D eigenvalue weighted by Gasteiger charge is -2.14. The summed E-state index contributed by atoms with van der Waals surface area (Å²) >= 11 is 8.61. The van der Waals surface area contributed by atoms with Crippen LogP contribution in [0.5, 0.6) is 5.75 Å². The molecule has 0 aliphatic heterocycles. The normalized spacial score (nSPS) is 11.1. The van der Waals surface area contributed by atoms with Crippen molar-refractivity contribution in [3.05, 3.63) is 69.3 Å². The summed E-state index contributed by atoms with van der Waals surface area (Å²) in [4.78, 5) is 4.82. The van der Waals surface area contributed by atoms with Crippen molar-refractivity contribution < 1.29 is 4.74 Å². The van der Waals surface area contributed by atoms with Gasteiger partial charge in [-0.3, -0.25) is 0 Å². The molecule has 4 aromatic rings. The van der Waals surface area contributed by atoms with Crippen molar-refractivity contribution >= 4 is 56.0 Å². The molecule has 0 saturated carbocycles. The number of methoxy groups -OCH3 is 1. The largest absolute Gasteiger partial charge is 0.496 e. The Morgan fingerprint density at radius 1 is 0.958 bits per heavy atom. The molecule has 0 atom stereocenters. The highest BCUT2D eigenvalue weighted by molar-refractivity contribution is 14.1. The van der Waals surface area contributed by atoms with Gasteiger partial charge in [0.1, 0.15) is 5.75 Å². The van der Waals surface area contributed by atoms with Crippen LogP contribution in [-0.4, -0.2) is 12.1 Å². The van der Waals surface area contributed by atoms with Crippen molar-refractivity contribution in [3.63, 3.8) is 0 Å². The minimum atomic E-state index is 0.707. The zero-order valence-electron chi connectivity index (χ0n) is 12.9. The highest BCUT2D eigenvalue weighted by Gasteiger charge is 2.16. The minimum Gasteiger partial charge on any atom is -0.496 e. The zero-order chi connectivity index (χ0) is 16.7. The van der Waals surface area contributed by atoms with Crippen molar-refractivity contribution in [2.24, 2.45) is 0 Å². The van der Waals surface area contributed by atoms with E-state index >= 15 is 0 Å². The van der Waals surface area contributed by atoms with Gasteiger partial charge in [-0.2, -0.15) is 0 Å². The first-order valence-electron chi connectivity index (χ1n) is 7.50. The van der Waals surface area contributed by atoms with Gasteiger partial charge in [-0.1, -0.05) is 41.9 Å². The molecule has 0 N–H and O–H groups in total. The lowest BCUT2D eigenvalue weighted by molar-refractivity contribution is 0.412. The Balaban J connectivity index is 2.26. The standard InChI is InChI=1S/C20H13ClINO/c1-24-17-10-9-16-19(20(17)22)18(12-5-3-2-4-6-12)14-11-13(21)7-8-15(14)23-16/h2-11H,1H3. The molecular weight excluding hydrogens is 433 g/mol. The van der Waals surface area contributed by atoms with Gasteiger partial charge in [0.05, 0.1) is 21.7 Å². The third-order valence-electron chi connectivity index (χ3n) is 4.09. The summed E-state index contributed by atoms with van der Waals surface area (Å²) in [5, 5.41) is 2.85. The third-order valence-corrected chi connectivity index (χ3v) is 5.39. The average molecular weight is 446 g/mol. The fourth-order valence-electron chi connectivity index (χ4n) is 3.01. The number of halogens is 2. The van der Waals surface area contributed by atoms with E-state index in [4.69, 9.17) is 21.3 Å². The second-order valence-corrected chi connectivity index (χ2v) is 7.01. The van der Waals surface area contributed by atoms with Crippen LogP contribution in [0.15, 0.2) is 60.7 Å². The number of fused-ring (bicyclic) bond motifs is 2. The molecule has 0 fully saturated rings. The van der Waals surface area contributed by atoms with E-state index in [1.165, 1.54) is 0 Å². The van der Waals surface area contributed by atoms with Gasteiger partial charge < -0.3 is 4.74 Å². The van der Waals surface area contributed by atoms with Crippen LogP contribution >= 0.6 is 34.2 Å². The topological polar surface area (TPSA) is 22.1 Å². The van der Waals surface area contributed by atoms with Crippen LogP contribution in [0, 0.1) is 3.57 Å². The summed E-state index contributed by atoms with van der Waals surface area (Å²) in [6.45, 7) is 0. The maximum atomic E-state index is 6.27. The lowest BCUT2D eigenvalue weighted by atomic mass is 9.96. The van der Waals surface area contributed by atoms with Crippen molar-refractivity contribution in [2.45, 2.75) is 0 Å². The van der Waals surface area contributed by atoms with Crippen LogP contribution in [-0.2, 0) is 0 Å². The highest BCUT2D eigenvalue weighted by atomic mass is 127. The number of benzene rings is 3. The van der Waals surface area contributed by atoms with Crippen molar-refractivity contribution in [3.8, 4) is 16.9 Å². The van der Waals surface area contributed by atoms with Crippen LogP contribution in [0.3, 0.4) is 0 Å². The summed E-state index contributed by atoms with van der Waals surface area (Å²) < 4.78 is 6.57. The fraction of sp³-hybridized carbons (Fsp3) is 0.0500. The second-order valence-electron chi connectivity index (χ2n) is 5.49. The van der Waals surface area contributed by atoms with E-state index < -0.39 is 0 Å². The van der Waals surface area contributed by atoms with E-state index in [0.717, 1.165) is 42.3 Å². The molecule has 4 heteroatoms. The van der Waals surface area contributed by atoms with Gasteiger partial charge in [-0.05, 0) is 58.5 Å². The monoisotopic (exact) mass is 445 g/mol. The molecule has 0 unspecified atom stereocenters. The molecule has 0 bridgehead atoms. The Hall–Kier alpha value is -1.85. The lowest BCUT2D eigenvalue weighted by Crippen LogP contribution is -1.94. The van der Waals surface area contributed by atoms with Gasteiger partial charge in [0.15, 0.2) is 0 Å². The van der Waals surface area contributed by atoms with Crippen LogP contribution in [0.1, 0.15) is 0 Å². The summed E-state index contributed by atoms with van der Waals surface area (Å²) in [7, 11) is 1.69. The smallest absolute Gasteiger partial charge is 0.132 e. The molecule has 0 radical (unpaired) electrons. The molecule has 0 aliphatic carbocycles. The SMILES string of the molecule is COc1ccc2nc3ccc(Cl)cc3c(-c3ccccc3)c2c1I. The first kappa shape index (κ1) is 15.7. The number of hydrogen-bond acceptors (Lipinski definition) is 2. The molecule has 0 aliphatic rings. The Morgan fingerprint density at radius 2 is 1.71 bits per heavy atom. The number of aromatic nitrogens is 1. The third kappa shape index (κ3) is 2.52. The Morgan fingerprint density at radius 3 is 2.46 bits per heavy atom. The van der Waals surface area contributed by atoms with E-state index in [2.05, 4.69) is 34.7 Å². The van der Waals surface area contributed by atoms with Crippen LogP contribution in [0.4, 0.5) is 0 Å². The summed E-state index contributed by atoms with van der Waals surface area (Å²) in [5.74, 6) is 0.850. The van der Waals surface area contributed by atoms with Crippen molar-refractivity contribution in [1.82, 2.24) is 4.98 Å². The highest BCUT2D eigenvalue weighted by Crippen LogP contribution is 2.40. The van der Waals surface area contributed by atoms with E-state index in [1.807, 2.05) is 48.5 Å². The quantitative estimate of drug-likeness (QED) is 0.266. The van der Waals surface area contributed by atoms with Crippen LogP contribution < -0.4 is 4.74 Å². The van der Waals surface area contributed by atoms with Crippen LogP contribution in [0.25, 0.3) is 32.9 Å². The van der Waals surface area contributed by atoms with Crippen molar-refractivity contribution in [1.29, 1.82) is 0 Å². The predicted octanol–water partition coefficient (Wildman–Crippen LogP) is 6.32. The zero-order valence-corrected chi connectivity index (χ0v) is 15.8. The Labute approximate surface area is 158 Å². The molecule has 1 aromatic heterocycles. The van der Waals surface area contributed by atoms with Crippen LogP contribution in [0.2, 0.25) is 5.02 Å². The van der Waals surface area contributed by atoms with Gasteiger partial charge >= 0.3 is 0 Å². The van der Waals surface area contributed by atoms with Gasteiger partial charge in [-0.15, -0.1) is 0 Å². The Kier molecular flexibility index (Phi) is 4.06. The average Bonchev–Trinajstić information content (AvgIpc) is 2.61. The van der Waals surface area contributed by atoms with Gasteiger partial charge in [0, 0.05) is 21.4 Å². The number of rotatable bonds is 2. The maximum absolute atomic E-state index is 6.27. The Bertz CT molecular complexity index is 1060. The van der Waals surface area contributed by atoms with E-state index in [1.54, 1.807) is 7.11 Å². The predicted molar refractivity (Wildman–Crippen MR) is 109 cm³/mol. The molecule has 0 saturated heterocycles. The molecule has 2 nitrogen and oxygen atoms in total. The van der Waals surface area contributed by atoms with Crippen molar-refractivity contribution in [2.75, 3.05) is 7.11 Å². The number of ether oxygens (including phenoxy) is 1. The molecule has 24 heavy (non-hydrogen) atoms. The molecule has 1 heterocycles. The van der Waals surface area contributed by atoms with Gasteiger partial charge in [0.25, 0.3) is 0 Å². The summed E-state index contributed by atoms with van der Waals surface area (Å²) in [6.07, 6.45) is 0. The number of pyridine rings is 1. The molecule has 118 valence electrons. The number of hydrogen-bond donors (Lipinski definition) is 0. The van der Waals surface area contributed by atoms with E-state index in [-0.39, 0.29) is 0 Å². The first-order chi connectivity index (χ1) is 11.7. The molecule has 0 amide bonds. The van der Waals surface area contributed by atoms with Gasteiger partial charge in [0.2, 0.25) is 0 Å². The second kappa shape index (κ2) is 6.22. The molecular formula is C20H13ClINO.